The van der Waals surface area contributed by atoms with Crippen molar-refractivity contribution in [1.82, 2.24) is 4.98 Å². The molecule has 0 N–H and O–H groups in total. The van der Waals surface area contributed by atoms with Gasteiger partial charge in [-0.25, -0.2) is 0 Å². The van der Waals surface area contributed by atoms with Crippen LogP contribution in [0.15, 0.2) is 18.3 Å². The maximum Gasteiger partial charge on any atom is 0.186 e. The van der Waals surface area contributed by atoms with E-state index in [-0.39, 0.29) is 10.4 Å². The SMILES string of the molecule is CC(=O)S[C@H]1CCCc2cccnc21. The fourth-order valence-corrected chi connectivity index (χ4v) is 2.89. The summed E-state index contributed by atoms with van der Waals surface area (Å²) in [5, 5.41) is 0.478. The minimum Gasteiger partial charge on any atom is -0.288 e. The Labute approximate surface area is 88.1 Å². The van der Waals surface area contributed by atoms with Crippen LogP contribution in [0.1, 0.15) is 36.3 Å². The van der Waals surface area contributed by atoms with Crippen molar-refractivity contribution in [2.45, 2.75) is 31.4 Å². The molecule has 3 heteroatoms. The summed E-state index contributed by atoms with van der Waals surface area (Å²) in [6, 6.07) is 4.09. The van der Waals surface area contributed by atoms with Crippen LogP contribution >= 0.6 is 11.8 Å². The zero-order valence-electron chi connectivity index (χ0n) is 8.19. The maximum absolute atomic E-state index is 11.1. The molecular formula is C11H13NOS. The Morgan fingerprint density at radius 1 is 1.64 bits per heavy atom. The molecule has 1 aliphatic rings. The third-order valence-electron chi connectivity index (χ3n) is 2.45. The van der Waals surface area contributed by atoms with Gasteiger partial charge < -0.3 is 0 Å². The van der Waals surface area contributed by atoms with Gasteiger partial charge in [-0.1, -0.05) is 17.8 Å². The van der Waals surface area contributed by atoms with Crippen molar-refractivity contribution >= 4 is 16.9 Å². The molecule has 1 aromatic rings. The third-order valence-corrected chi connectivity index (χ3v) is 3.53. The Balaban J connectivity index is 2.26. The van der Waals surface area contributed by atoms with Crippen LogP contribution in [0.25, 0.3) is 0 Å². The molecule has 2 rings (SSSR count). The molecule has 0 unspecified atom stereocenters. The number of nitrogens with zero attached hydrogens (tertiary/aromatic N) is 1. The molecule has 0 radical (unpaired) electrons. The normalized spacial score (nSPS) is 20.2. The standard InChI is InChI=1S/C11H13NOS/c1-8(13)14-10-6-2-4-9-5-3-7-12-11(9)10/h3,5,7,10H,2,4,6H2,1H3/t10-/m0/s1. The van der Waals surface area contributed by atoms with E-state index in [1.54, 1.807) is 6.92 Å². The van der Waals surface area contributed by atoms with Crippen LogP contribution in [-0.2, 0) is 11.2 Å². The molecule has 0 amide bonds. The number of hydrogen-bond acceptors (Lipinski definition) is 3. The van der Waals surface area contributed by atoms with Crippen molar-refractivity contribution in [3.8, 4) is 0 Å². The van der Waals surface area contributed by atoms with Crippen molar-refractivity contribution in [3.63, 3.8) is 0 Å². The Morgan fingerprint density at radius 3 is 3.29 bits per heavy atom. The van der Waals surface area contributed by atoms with E-state index < -0.39 is 0 Å². The molecule has 0 saturated heterocycles. The highest BCUT2D eigenvalue weighted by molar-refractivity contribution is 8.13. The number of rotatable bonds is 1. The highest BCUT2D eigenvalue weighted by Gasteiger charge is 2.22. The quantitative estimate of drug-likeness (QED) is 0.709. The van der Waals surface area contributed by atoms with Crippen LogP contribution in [0.5, 0.6) is 0 Å². The molecule has 0 aromatic carbocycles. The lowest BCUT2D eigenvalue weighted by Gasteiger charge is -2.22. The molecule has 0 spiro atoms. The molecule has 0 bridgehead atoms. The van der Waals surface area contributed by atoms with Gasteiger partial charge in [0.2, 0.25) is 0 Å². The maximum atomic E-state index is 11.1. The number of pyridine rings is 1. The summed E-state index contributed by atoms with van der Waals surface area (Å²) in [6.07, 6.45) is 5.17. The van der Waals surface area contributed by atoms with Gasteiger partial charge >= 0.3 is 0 Å². The summed E-state index contributed by atoms with van der Waals surface area (Å²) >= 11 is 1.42. The van der Waals surface area contributed by atoms with Gasteiger partial charge in [-0.3, -0.25) is 9.78 Å². The average molecular weight is 207 g/mol. The fourth-order valence-electron chi connectivity index (χ4n) is 1.88. The predicted octanol–water partition coefficient (Wildman–Crippen LogP) is 2.74. The predicted molar refractivity (Wildman–Crippen MR) is 58.2 cm³/mol. The molecule has 0 fully saturated rings. The van der Waals surface area contributed by atoms with Crippen LogP contribution in [-0.4, -0.2) is 10.1 Å². The van der Waals surface area contributed by atoms with Gasteiger partial charge in [0, 0.05) is 13.1 Å². The highest BCUT2D eigenvalue weighted by Crippen LogP contribution is 2.38. The van der Waals surface area contributed by atoms with Crippen LogP contribution in [0.3, 0.4) is 0 Å². The number of thioether (sulfide) groups is 1. The van der Waals surface area contributed by atoms with Crippen molar-refractivity contribution in [3.05, 3.63) is 29.6 Å². The topological polar surface area (TPSA) is 30.0 Å². The zero-order valence-corrected chi connectivity index (χ0v) is 9.01. The molecule has 0 saturated carbocycles. The van der Waals surface area contributed by atoms with Crippen molar-refractivity contribution < 1.29 is 4.79 Å². The number of fused-ring (bicyclic) bond motifs is 1. The van der Waals surface area contributed by atoms with Gasteiger partial charge in [-0.2, -0.15) is 0 Å². The Bertz CT molecular complexity index is 351. The number of hydrogen-bond donors (Lipinski definition) is 0. The van der Waals surface area contributed by atoms with Gasteiger partial charge in [0.1, 0.15) is 0 Å². The summed E-state index contributed by atoms with van der Waals surface area (Å²) in [7, 11) is 0. The smallest absolute Gasteiger partial charge is 0.186 e. The summed E-state index contributed by atoms with van der Waals surface area (Å²) in [5.41, 5.74) is 2.44. The summed E-state index contributed by atoms with van der Waals surface area (Å²) in [5.74, 6) is 0. The summed E-state index contributed by atoms with van der Waals surface area (Å²) in [4.78, 5) is 15.4. The lowest BCUT2D eigenvalue weighted by Crippen LogP contribution is -2.10. The largest absolute Gasteiger partial charge is 0.288 e. The van der Waals surface area contributed by atoms with Crippen LogP contribution in [0.4, 0.5) is 0 Å². The minimum atomic E-state index is 0.188. The summed E-state index contributed by atoms with van der Waals surface area (Å²) < 4.78 is 0. The van der Waals surface area contributed by atoms with E-state index in [1.165, 1.54) is 23.7 Å². The first-order valence-electron chi connectivity index (χ1n) is 4.88. The lowest BCUT2D eigenvalue weighted by molar-refractivity contribution is -0.109. The van der Waals surface area contributed by atoms with Crippen LogP contribution in [0, 0.1) is 0 Å². The molecule has 1 heterocycles. The molecule has 1 aliphatic carbocycles. The third kappa shape index (κ3) is 1.98. The summed E-state index contributed by atoms with van der Waals surface area (Å²) in [6.45, 7) is 1.63. The fraction of sp³-hybridized carbons (Fsp3) is 0.455. The lowest BCUT2D eigenvalue weighted by atomic mass is 9.96. The van der Waals surface area contributed by atoms with Crippen molar-refractivity contribution in [2.24, 2.45) is 0 Å². The number of aromatic nitrogens is 1. The molecule has 1 aromatic heterocycles. The van der Waals surface area contributed by atoms with E-state index in [1.807, 2.05) is 12.3 Å². The second-order valence-electron chi connectivity index (χ2n) is 3.54. The molecule has 1 atom stereocenters. The Kier molecular flexibility index (Phi) is 2.87. The first-order chi connectivity index (χ1) is 6.77. The first-order valence-corrected chi connectivity index (χ1v) is 5.76. The molecular weight excluding hydrogens is 194 g/mol. The van der Waals surface area contributed by atoms with Gasteiger partial charge in [-0.15, -0.1) is 0 Å². The number of aryl methyl sites for hydroxylation is 1. The van der Waals surface area contributed by atoms with Gasteiger partial charge in [0.05, 0.1) is 10.9 Å². The van der Waals surface area contributed by atoms with Crippen molar-refractivity contribution in [1.29, 1.82) is 0 Å². The van der Waals surface area contributed by atoms with E-state index in [4.69, 9.17) is 0 Å². The van der Waals surface area contributed by atoms with Crippen molar-refractivity contribution in [2.75, 3.05) is 0 Å². The van der Waals surface area contributed by atoms with Gasteiger partial charge in [0.15, 0.2) is 5.12 Å². The average Bonchev–Trinajstić information content (AvgIpc) is 2.18. The van der Waals surface area contributed by atoms with E-state index >= 15 is 0 Å². The number of carbonyl (C=O) groups is 1. The second-order valence-corrected chi connectivity index (χ2v) is 4.92. The van der Waals surface area contributed by atoms with Crippen LogP contribution in [0.2, 0.25) is 0 Å². The monoisotopic (exact) mass is 207 g/mol. The molecule has 2 nitrogen and oxygen atoms in total. The number of carbonyl (C=O) groups excluding carboxylic acids is 1. The van der Waals surface area contributed by atoms with E-state index in [0.717, 1.165) is 18.5 Å². The second kappa shape index (κ2) is 4.13. The van der Waals surface area contributed by atoms with Crippen LogP contribution < -0.4 is 0 Å². The minimum absolute atomic E-state index is 0.188. The van der Waals surface area contributed by atoms with E-state index in [2.05, 4.69) is 11.1 Å². The Morgan fingerprint density at radius 2 is 2.50 bits per heavy atom. The molecule has 74 valence electrons. The van der Waals surface area contributed by atoms with Gasteiger partial charge in [0.25, 0.3) is 0 Å². The van der Waals surface area contributed by atoms with E-state index in [0.29, 0.717) is 0 Å². The Hall–Kier alpha value is -0.830. The van der Waals surface area contributed by atoms with E-state index in [9.17, 15) is 4.79 Å². The molecule has 14 heavy (non-hydrogen) atoms. The molecule has 0 aliphatic heterocycles. The highest BCUT2D eigenvalue weighted by atomic mass is 32.2. The van der Waals surface area contributed by atoms with Gasteiger partial charge in [-0.05, 0) is 30.9 Å². The zero-order chi connectivity index (χ0) is 9.97. The first kappa shape index (κ1) is 9.71.